The Hall–Kier alpha value is -4.62. The first-order valence-electron chi connectivity index (χ1n) is 19.3. The van der Waals surface area contributed by atoms with Gasteiger partial charge in [-0.25, -0.2) is 0 Å². The molecule has 0 N–H and O–H groups in total. The highest BCUT2D eigenvalue weighted by Gasteiger charge is 2.66. The van der Waals surface area contributed by atoms with Crippen LogP contribution < -0.4 is 4.90 Å². The van der Waals surface area contributed by atoms with Crippen molar-refractivity contribution in [2.75, 3.05) is 4.90 Å². The zero-order valence-electron chi connectivity index (χ0n) is 28.9. The molecule has 248 valence electrons. The average molecular weight is 650 g/mol. The molecule has 1 nitrogen and oxygen atoms in total. The van der Waals surface area contributed by atoms with E-state index < -0.39 is 0 Å². The zero-order chi connectivity index (χ0) is 33.1. The summed E-state index contributed by atoms with van der Waals surface area (Å²) in [5, 5.41) is 0. The Balaban J connectivity index is 1.06. The molecule has 10 rings (SSSR count). The van der Waals surface area contributed by atoms with Crippen LogP contribution >= 0.6 is 0 Å². The second kappa shape index (κ2) is 12.3. The molecule has 1 fully saturated rings. The molecule has 7 aliphatic carbocycles. The summed E-state index contributed by atoms with van der Waals surface area (Å²) >= 11 is 0. The minimum absolute atomic E-state index is 0.0963. The normalized spacial score (nSPS) is 32.9. The lowest BCUT2D eigenvalue weighted by atomic mass is 9.58. The minimum Gasteiger partial charge on any atom is -0.338 e. The summed E-state index contributed by atoms with van der Waals surface area (Å²) in [6, 6.07) is 30.2. The van der Waals surface area contributed by atoms with Crippen molar-refractivity contribution >= 4 is 11.3 Å². The second-order valence-electron chi connectivity index (χ2n) is 15.7. The molecule has 0 aliphatic heterocycles. The number of benzene rings is 3. The van der Waals surface area contributed by atoms with Gasteiger partial charge in [0.2, 0.25) is 0 Å². The molecule has 0 aromatic heterocycles. The molecule has 0 amide bonds. The van der Waals surface area contributed by atoms with Gasteiger partial charge in [-0.05, 0) is 126 Å². The van der Waals surface area contributed by atoms with Gasteiger partial charge in [0.25, 0.3) is 0 Å². The van der Waals surface area contributed by atoms with Gasteiger partial charge in [-0.1, -0.05) is 140 Å². The molecule has 1 spiro atoms. The van der Waals surface area contributed by atoms with Crippen molar-refractivity contribution in [3.05, 3.63) is 180 Å². The molecular weight excluding hydrogens is 603 g/mol. The highest BCUT2D eigenvalue weighted by molar-refractivity contribution is 5.80. The van der Waals surface area contributed by atoms with E-state index in [2.05, 4.69) is 163 Å². The molecule has 50 heavy (non-hydrogen) atoms. The van der Waals surface area contributed by atoms with Crippen molar-refractivity contribution < 1.29 is 0 Å². The first-order valence-corrected chi connectivity index (χ1v) is 19.3. The second-order valence-corrected chi connectivity index (χ2v) is 15.7. The summed E-state index contributed by atoms with van der Waals surface area (Å²) in [6.45, 7) is 0. The highest BCUT2D eigenvalue weighted by Crippen LogP contribution is 2.70. The van der Waals surface area contributed by atoms with Gasteiger partial charge in [-0.3, -0.25) is 0 Å². The highest BCUT2D eigenvalue weighted by atomic mass is 15.2. The van der Waals surface area contributed by atoms with Crippen LogP contribution in [-0.4, -0.2) is 6.04 Å². The van der Waals surface area contributed by atoms with Gasteiger partial charge >= 0.3 is 0 Å². The third-order valence-corrected chi connectivity index (χ3v) is 13.4. The third-order valence-electron chi connectivity index (χ3n) is 13.4. The summed E-state index contributed by atoms with van der Waals surface area (Å²) in [4.78, 5) is 2.73. The van der Waals surface area contributed by atoms with Crippen LogP contribution in [0.2, 0.25) is 0 Å². The third kappa shape index (κ3) is 4.65. The Bertz CT molecular complexity index is 2030. The summed E-state index contributed by atoms with van der Waals surface area (Å²) in [6.07, 6.45) is 40.5. The van der Waals surface area contributed by atoms with Crippen LogP contribution in [0.4, 0.5) is 5.69 Å². The Morgan fingerprint density at radius 3 is 2.32 bits per heavy atom. The van der Waals surface area contributed by atoms with Crippen molar-refractivity contribution in [3.63, 3.8) is 0 Å². The van der Waals surface area contributed by atoms with Gasteiger partial charge in [0.15, 0.2) is 0 Å². The number of hydrogen-bond acceptors (Lipinski definition) is 1. The molecule has 3 aromatic carbocycles. The van der Waals surface area contributed by atoms with Gasteiger partial charge in [0.05, 0.1) is 0 Å². The Morgan fingerprint density at radius 1 is 0.640 bits per heavy atom. The van der Waals surface area contributed by atoms with Crippen molar-refractivity contribution in [1.82, 2.24) is 0 Å². The van der Waals surface area contributed by atoms with E-state index in [1.807, 2.05) is 0 Å². The van der Waals surface area contributed by atoms with Crippen LogP contribution in [0.15, 0.2) is 169 Å². The summed E-state index contributed by atoms with van der Waals surface area (Å²) in [5.41, 5.74) is 11.6. The SMILES string of the molecule is C1=CC2[C@@H](C=C1)C1CCC=CC1C21c2ccccc2C2=CCC(N(C3=CCC(C4=CCCC=C4)C=C3)c3ccc(-c4ccccc4)cc3)CC21. The Morgan fingerprint density at radius 2 is 1.48 bits per heavy atom. The van der Waals surface area contributed by atoms with E-state index in [1.54, 1.807) is 11.1 Å². The maximum Gasteiger partial charge on any atom is 0.0413 e. The Kier molecular flexibility index (Phi) is 7.44. The van der Waals surface area contributed by atoms with Crippen molar-refractivity contribution in [2.24, 2.45) is 35.5 Å². The Labute approximate surface area is 298 Å². The van der Waals surface area contributed by atoms with E-state index in [0.29, 0.717) is 41.5 Å². The smallest absolute Gasteiger partial charge is 0.0413 e. The van der Waals surface area contributed by atoms with Gasteiger partial charge in [0.1, 0.15) is 0 Å². The lowest BCUT2D eigenvalue weighted by molar-refractivity contribution is 0.204. The molecule has 0 heterocycles. The predicted octanol–water partition coefficient (Wildman–Crippen LogP) is 12.0. The molecule has 0 bridgehead atoms. The van der Waals surface area contributed by atoms with E-state index in [-0.39, 0.29) is 5.41 Å². The van der Waals surface area contributed by atoms with Crippen LogP contribution in [0.1, 0.15) is 56.1 Å². The molecule has 7 aliphatic rings. The van der Waals surface area contributed by atoms with E-state index >= 15 is 0 Å². The van der Waals surface area contributed by atoms with Crippen LogP contribution in [0.3, 0.4) is 0 Å². The monoisotopic (exact) mass is 649 g/mol. The molecule has 7 unspecified atom stereocenters. The standard InChI is InChI=1S/C49H47N/c1-3-13-34(14-4-1)36-23-27-38(28-24-36)50(39-29-25-37(26-30-39)35-15-5-2-6-16-35)40-31-32-44-43-19-9-12-22-47(43)49(48(44)33-40)45-20-10-7-17-41(45)42-18-8-11-21-46(42)49/h1,3-5,7,9-17,19-25,27-30,32,37,40-42,45-46,48H,2,6,8,18,26,31,33H2/t37?,40?,41-,42?,45?,46?,48?,49?/m0/s1. The molecule has 1 heteroatoms. The van der Waals surface area contributed by atoms with Gasteiger partial charge in [0, 0.05) is 28.8 Å². The fourth-order valence-electron chi connectivity index (χ4n) is 11.5. The maximum atomic E-state index is 2.73. The maximum absolute atomic E-state index is 2.73. The van der Waals surface area contributed by atoms with Gasteiger partial charge in [-0.2, -0.15) is 0 Å². The number of nitrogens with zero attached hydrogens (tertiary/aromatic N) is 1. The minimum atomic E-state index is 0.0963. The molecular formula is C49H47N. The predicted molar refractivity (Wildman–Crippen MR) is 209 cm³/mol. The molecule has 1 saturated carbocycles. The van der Waals surface area contributed by atoms with Gasteiger partial charge < -0.3 is 4.90 Å². The van der Waals surface area contributed by atoms with E-state index in [0.717, 1.165) is 12.8 Å². The molecule has 0 radical (unpaired) electrons. The number of rotatable bonds is 5. The molecule has 3 aromatic rings. The van der Waals surface area contributed by atoms with Crippen LogP contribution in [0.5, 0.6) is 0 Å². The first kappa shape index (κ1) is 30.2. The van der Waals surface area contributed by atoms with E-state index in [9.17, 15) is 0 Å². The van der Waals surface area contributed by atoms with Crippen molar-refractivity contribution in [2.45, 2.75) is 56.4 Å². The van der Waals surface area contributed by atoms with E-state index in [1.165, 1.54) is 65.8 Å². The van der Waals surface area contributed by atoms with Crippen LogP contribution in [-0.2, 0) is 5.41 Å². The van der Waals surface area contributed by atoms with Crippen molar-refractivity contribution in [3.8, 4) is 11.1 Å². The van der Waals surface area contributed by atoms with Crippen LogP contribution in [0.25, 0.3) is 16.7 Å². The lowest BCUT2D eigenvalue weighted by Gasteiger charge is -2.47. The number of allylic oxidation sites excluding steroid dienone is 14. The first-order chi connectivity index (χ1) is 24.8. The van der Waals surface area contributed by atoms with Gasteiger partial charge in [-0.15, -0.1) is 0 Å². The zero-order valence-corrected chi connectivity index (χ0v) is 28.9. The summed E-state index contributed by atoms with van der Waals surface area (Å²) in [7, 11) is 0. The fraction of sp³-hybridized carbons (Fsp3) is 0.306. The largest absolute Gasteiger partial charge is 0.338 e. The van der Waals surface area contributed by atoms with Crippen LogP contribution in [0, 0.1) is 35.5 Å². The summed E-state index contributed by atoms with van der Waals surface area (Å²) < 4.78 is 0. The average Bonchev–Trinajstić information content (AvgIpc) is 3.66. The number of anilines is 1. The summed E-state index contributed by atoms with van der Waals surface area (Å²) in [5.74, 6) is 3.40. The van der Waals surface area contributed by atoms with Crippen molar-refractivity contribution in [1.29, 1.82) is 0 Å². The molecule has 8 atom stereocenters. The lowest BCUT2D eigenvalue weighted by Crippen LogP contribution is -2.46. The topological polar surface area (TPSA) is 3.24 Å². The number of hydrogen-bond donors (Lipinski definition) is 0. The van der Waals surface area contributed by atoms with E-state index in [4.69, 9.17) is 0 Å². The fourth-order valence-corrected chi connectivity index (χ4v) is 11.5. The number of fused-ring (bicyclic) bond motifs is 10. The molecule has 0 saturated heterocycles. The quantitative estimate of drug-likeness (QED) is 0.249.